The van der Waals surface area contributed by atoms with E-state index in [0.717, 1.165) is 5.56 Å². The smallest absolute Gasteiger partial charge is 0.253 e. The zero-order chi connectivity index (χ0) is 11.1. The highest BCUT2D eigenvalue weighted by Gasteiger charge is 2.12. The van der Waals surface area contributed by atoms with E-state index in [1.165, 1.54) is 0 Å². The fraction of sp³-hybridized carbons (Fsp3) is 0.417. The molecule has 82 valence electrons. The van der Waals surface area contributed by atoms with Gasteiger partial charge in [0.05, 0.1) is 6.61 Å². The Morgan fingerprint density at radius 1 is 1.33 bits per heavy atom. The largest absolute Gasteiger partial charge is 0.383 e. The summed E-state index contributed by atoms with van der Waals surface area (Å²) < 4.78 is 4.97. The van der Waals surface area contributed by atoms with Crippen LogP contribution in [0.4, 0.5) is 0 Å². The van der Waals surface area contributed by atoms with Crippen LogP contribution in [0.15, 0.2) is 30.3 Å². The summed E-state index contributed by atoms with van der Waals surface area (Å²) in [4.78, 5) is 13.7. The SMILES string of the molecule is CCN(CCOC)C(=O)c1ccccc1. The van der Waals surface area contributed by atoms with Crippen molar-refractivity contribution in [1.29, 1.82) is 0 Å². The number of carbonyl (C=O) groups excluding carboxylic acids is 1. The van der Waals surface area contributed by atoms with Gasteiger partial charge in [0.15, 0.2) is 0 Å². The normalized spacial score (nSPS) is 10.0. The molecule has 0 N–H and O–H groups in total. The number of ether oxygens (including phenoxy) is 1. The van der Waals surface area contributed by atoms with E-state index in [1.54, 1.807) is 12.0 Å². The number of hydrogen-bond donors (Lipinski definition) is 0. The molecule has 0 spiro atoms. The first kappa shape index (κ1) is 11.7. The van der Waals surface area contributed by atoms with E-state index < -0.39 is 0 Å². The van der Waals surface area contributed by atoms with Crippen molar-refractivity contribution >= 4 is 5.91 Å². The molecule has 0 heterocycles. The third-order valence-electron chi connectivity index (χ3n) is 2.26. The van der Waals surface area contributed by atoms with Gasteiger partial charge >= 0.3 is 0 Å². The van der Waals surface area contributed by atoms with Crippen molar-refractivity contribution in [3.63, 3.8) is 0 Å². The summed E-state index contributed by atoms with van der Waals surface area (Å²) >= 11 is 0. The number of amides is 1. The van der Waals surface area contributed by atoms with Crippen LogP contribution in [-0.4, -0.2) is 37.6 Å². The summed E-state index contributed by atoms with van der Waals surface area (Å²) in [6, 6.07) is 9.31. The van der Waals surface area contributed by atoms with Crippen molar-refractivity contribution in [2.24, 2.45) is 0 Å². The van der Waals surface area contributed by atoms with Crippen LogP contribution in [0.5, 0.6) is 0 Å². The van der Waals surface area contributed by atoms with Gasteiger partial charge in [0.2, 0.25) is 0 Å². The quantitative estimate of drug-likeness (QED) is 0.736. The predicted molar refractivity (Wildman–Crippen MR) is 59.9 cm³/mol. The van der Waals surface area contributed by atoms with Gasteiger partial charge in [-0.25, -0.2) is 0 Å². The molecule has 0 saturated heterocycles. The van der Waals surface area contributed by atoms with E-state index in [0.29, 0.717) is 19.7 Å². The number of carbonyl (C=O) groups is 1. The molecule has 0 aromatic heterocycles. The van der Waals surface area contributed by atoms with E-state index >= 15 is 0 Å². The first-order valence-electron chi connectivity index (χ1n) is 5.12. The molecular weight excluding hydrogens is 190 g/mol. The maximum absolute atomic E-state index is 12.0. The van der Waals surface area contributed by atoms with Gasteiger partial charge in [-0.2, -0.15) is 0 Å². The molecule has 0 radical (unpaired) electrons. The van der Waals surface area contributed by atoms with Crippen LogP contribution in [-0.2, 0) is 4.74 Å². The lowest BCUT2D eigenvalue weighted by atomic mass is 10.2. The van der Waals surface area contributed by atoms with Gasteiger partial charge in [-0.1, -0.05) is 18.2 Å². The van der Waals surface area contributed by atoms with E-state index in [-0.39, 0.29) is 5.91 Å². The second-order valence-corrected chi connectivity index (χ2v) is 3.24. The summed E-state index contributed by atoms with van der Waals surface area (Å²) in [5.41, 5.74) is 0.732. The Hall–Kier alpha value is -1.35. The lowest BCUT2D eigenvalue weighted by molar-refractivity contribution is 0.0706. The van der Waals surface area contributed by atoms with Crippen molar-refractivity contribution < 1.29 is 9.53 Å². The Morgan fingerprint density at radius 3 is 2.53 bits per heavy atom. The molecule has 15 heavy (non-hydrogen) atoms. The van der Waals surface area contributed by atoms with Gasteiger partial charge in [-0.05, 0) is 19.1 Å². The Bertz CT molecular complexity index is 298. The van der Waals surface area contributed by atoms with Crippen molar-refractivity contribution in [3.8, 4) is 0 Å². The number of rotatable bonds is 5. The van der Waals surface area contributed by atoms with Crippen molar-refractivity contribution in [2.45, 2.75) is 6.92 Å². The molecule has 3 nitrogen and oxygen atoms in total. The van der Waals surface area contributed by atoms with Gasteiger partial charge in [-0.3, -0.25) is 4.79 Å². The third-order valence-corrected chi connectivity index (χ3v) is 2.26. The molecule has 0 saturated carbocycles. The van der Waals surface area contributed by atoms with Crippen LogP contribution in [0.3, 0.4) is 0 Å². The van der Waals surface area contributed by atoms with Gasteiger partial charge in [0, 0.05) is 25.8 Å². The summed E-state index contributed by atoms with van der Waals surface area (Å²) in [6.45, 7) is 3.89. The van der Waals surface area contributed by atoms with Crippen LogP contribution < -0.4 is 0 Å². The van der Waals surface area contributed by atoms with E-state index in [9.17, 15) is 4.79 Å². The summed E-state index contributed by atoms with van der Waals surface area (Å²) in [5, 5.41) is 0. The summed E-state index contributed by atoms with van der Waals surface area (Å²) in [7, 11) is 1.64. The summed E-state index contributed by atoms with van der Waals surface area (Å²) in [5.74, 6) is 0.0650. The highest BCUT2D eigenvalue weighted by molar-refractivity contribution is 5.94. The zero-order valence-corrected chi connectivity index (χ0v) is 9.27. The van der Waals surface area contributed by atoms with Crippen LogP contribution in [0.2, 0.25) is 0 Å². The lowest BCUT2D eigenvalue weighted by Gasteiger charge is -2.20. The average molecular weight is 207 g/mol. The van der Waals surface area contributed by atoms with Crippen LogP contribution >= 0.6 is 0 Å². The molecule has 0 aliphatic rings. The molecule has 1 rings (SSSR count). The number of benzene rings is 1. The van der Waals surface area contributed by atoms with E-state index in [1.807, 2.05) is 37.3 Å². The van der Waals surface area contributed by atoms with Gasteiger partial charge in [0.1, 0.15) is 0 Å². The molecule has 3 heteroatoms. The second kappa shape index (κ2) is 6.19. The maximum Gasteiger partial charge on any atom is 0.253 e. The highest BCUT2D eigenvalue weighted by atomic mass is 16.5. The lowest BCUT2D eigenvalue weighted by Crippen LogP contribution is -2.33. The molecule has 0 unspecified atom stereocenters. The molecule has 0 fully saturated rings. The highest BCUT2D eigenvalue weighted by Crippen LogP contribution is 2.04. The number of methoxy groups -OCH3 is 1. The molecular formula is C12H17NO2. The minimum Gasteiger partial charge on any atom is -0.383 e. The number of nitrogens with zero attached hydrogens (tertiary/aromatic N) is 1. The fourth-order valence-electron chi connectivity index (χ4n) is 1.37. The topological polar surface area (TPSA) is 29.5 Å². The fourth-order valence-corrected chi connectivity index (χ4v) is 1.37. The van der Waals surface area contributed by atoms with Crippen molar-refractivity contribution in [3.05, 3.63) is 35.9 Å². The molecule has 1 amide bonds. The van der Waals surface area contributed by atoms with Crippen LogP contribution in [0.1, 0.15) is 17.3 Å². The predicted octanol–water partition coefficient (Wildman–Crippen LogP) is 1.80. The monoisotopic (exact) mass is 207 g/mol. The van der Waals surface area contributed by atoms with Crippen LogP contribution in [0, 0.1) is 0 Å². The Labute approximate surface area is 90.7 Å². The minimum atomic E-state index is 0.0650. The second-order valence-electron chi connectivity index (χ2n) is 3.24. The van der Waals surface area contributed by atoms with Crippen LogP contribution in [0.25, 0.3) is 0 Å². The first-order chi connectivity index (χ1) is 7.29. The standard InChI is InChI=1S/C12H17NO2/c1-3-13(9-10-15-2)12(14)11-7-5-4-6-8-11/h4-8H,3,9-10H2,1-2H3. The van der Waals surface area contributed by atoms with E-state index in [2.05, 4.69) is 0 Å². The van der Waals surface area contributed by atoms with Crippen molar-refractivity contribution in [2.75, 3.05) is 26.8 Å². The van der Waals surface area contributed by atoms with Gasteiger partial charge in [0.25, 0.3) is 5.91 Å². The Kier molecular flexibility index (Phi) is 4.84. The van der Waals surface area contributed by atoms with E-state index in [4.69, 9.17) is 4.74 Å². The average Bonchev–Trinajstić information content (AvgIpc) is 2.31. The number of hydrogen-bond acceptors (Lipinski definition) is 2. The molecule has 0 aliphatic heterocycles. The molecule has 1 aromatic rings. The molecule has 0 bridgehead atoms. The first-order valence-corrected chi connectivity index (χ1v) is 5.12. The van der Waals surface area contributed by atoms with Gasteiger partial charge in [-0.15, -0.1) is 0 Å². The Morgan fingerprint density at radius 2 is 2.00 bits per heavy atom. The zero-order valence-electron chi connectivity index (χ0n) is 9.27. The number of likely N-dealkylation sites (N-methyl/N-ethyl adjacent to an activating group) is 1. The molecule has 0 atom stereocenters. The van der Waals surface area contributed by atoms with Crippen molar-refractivity contribution in [1.82, 2.24) is 4.90 Å². The minimum absolute atomic E-state index is 0.0650. The van der Waals surface area contributed by atoms with Gasteiger partial charge < -0.3 is 9.64 Å². The Balaban J connectivity index is 2.65. The third kappa shape index (κ3) is 3.36. The molecule has 0 aliphatic carbocycles. The maximum atomic E-state index is 12.0. The molecule has 1 aromatic carbocycles. The summed E-state index contributed by atoms with van der Waals surface area (Å²) in [6.07, 6.45) is 0.